The Morgan fingerprint density at radius 3 is 2.43 bits per heavy atom. The largest absolute Gasteiger partial charge is 0.378 e. The van der Waals surface area contributed by atoms with Crippen LogP contribution < -0.4 is 0 Å². The van der Waals surface area contributed by atoms with Gasteiger partial charge in [0, 0.05) is 31.0 Å². The third-order valence-corrected chi connectivity index (χ3v) is 6.41. The minimum absolute atomic E-state index is 0.287. The Balaban J connectivity index is 1.66. The van der Waals surface area contributed by atoms with Gasteiger partial charge in [-0.15, -0.1) is 0 Å². The molecule has 0 radical (unpaired) electrons. The average molecular weight is 293 g/mol. The molecular weight excluding hydrogens is 262 g/mol. The molecule has 0 aromatic heterocycles. The molecule has 0 unspecified atom stereocenters. The van der Waals surface area contributed by atoms with Crippen LogP contribution in [0.3, 0.4) is 0 Å². The summed E-state index contributed by atoms with van der Waals surface area (Å²) in [5, 5.41) is 0. The molecule has 0 aliphatic heterocycles. The van der Waals surface area contributed by atoms with Gasteiger partial charge in [0.15, 0.2) is 0 Å². The Morgan fingerprint density at radius 1 is 1.14 bits per heavy atom. The number of nitrogens with zero attached hydrogens (tertiary/aromatic N) is 1. The van der Waals surface area contributed by atoms with Gasteiger partial charge in [-0.3, -0.25) is 4.79 Å². The first-order valence-electron chi connectivity index (χ1n) is 9.07. The predicted molar refractivity (Wildman–Crippen MR) is 84.1 cm³/mol. The number of hydrogen-bond acceptors (Lipinski definition) is 2. The van der Waals surface area contributed by atoms with Gasteiger partial charge in [-0.2, -0.15) is 0 Å². The van der Waals surface area contributed by atoms with E-state index < -0.39 is 0 Å². The third kappa shape index (κ3) is 2.62. The Hall–Kier alpha value is -0.570. The summed E-state index contributed by atoms with van der Waals surface area (Å²) in [5.41, 5.74) is 0.287. The van der Waals surface area contributed by atoms with Gasteiger partial charge in [0.1, 0.15) is 0 Å². The lowest BCUT2D eigenvalue weighted by molar-refractivity contribution is -0.175. The molecule has 1 spiro atoms. The summed E-state index contributed by atoms with van der Waals surface area (Å²) in [6.45, 7) is 2.90. The van der Waals surface area contributed by atoms with E-state index in [0.717, 1.165) is 25.9 Å². The molecule has 3 nitrogen and oxygen atoms in total. The van der Waals surface area contributed by atoms with Crippen LogP contribution in [-0.2, 0) is 9.53 Å². The van der Waals surface area contributed by atoms with E-state index in [1.807, 2.05) is 0 Å². The quantitative estimate of drug-likeness (QED) is 0.790. The van der Waals surface area contributed by atoms with Gasteiger partial charge >= 0.3 is 0 Å². The molecule has 0 bridgehead atoms. The molecule has 120 valence electrons. The van der Waals surface area contributed by atoms with Gasteiger partial charge in [0.05, 0.1) is 6.10 Å². The van der Waals surface area contributed by atoms with Crippen molar-refractivity contribution in [1.82, 2.24) is 4.90 Å². The lowest BCUT2D eigenvalue weighted by Gasteiger charge is -2.57. The maximum absolute atomic E-state index is 12.8. The molecule has 2 atom stereocenters. The van der Waals surface area contributed by atoms with E-state index in [1.165, 1.54) is 44.9 Å². The summed E-state index contributed by atoms with van der Waals surface area (Å²) < 4.78 is 5.98. The van der Waals surface area contributed by atoms with E-state index in [-0.39, 0.29) is 5.41 Å². The summed E-state index contributed by atoms with van der Waals surface area (Å²) in [6, 6.07) is 0.436. The molecule has 0 saturated heterocycles. The molecule has 0 heterocycles. The van der Waals surface area contributed by atoms with Crippen LogP contribution in [0.2, 0.25) is 0 Å². The van der Waals surface area contributed by atoms with Gasteiger partial charge in [-0.05, 0) is 39.0 Å². The lowest BCUT2D eigenvalue weighted by atomic mass is 9.60. The fourth-order valence-corrected chi connectivity index (χ4v) is 5.18. The monoisotopic (exact) mass is 293 g/mol. The molecule has 3 saturated carbocycles. The minimum atomic E-state index is 0.287. The number of hydrogen-bond donors (Lipinski definition) is 0. The van der Waals surface area contributed by atoms with Gasteiger partial charge in [0.2, 0.25) is 5.91 Å². The topological polar surface area (TPSA) is 29.5 Å². The first-order valence-corrected chi connectivity index (χ1v) is 9.07. The molecule has 0 aromatic rings. The Labute approximate surface area is 129 Å². The summed E-state index contributed by atoms with van der Waals surface area (Å²) in [4.78, 5) is 14.9. The van der Waals surface area contributed by atoms with Gasteiger partial charge in [-0.1, -0.05) is 32.1 Å². The second-order valence-electron chi connectivity index (χ2n) is 7.42. The van der Waals surface area contributed by atoms with Crippen LogP contribution in [0, 0.1) is 11.3 Å². The van der Waals surface area contributed by atoms with Crippen molar-refractivity contribution in [2.24, 2.45) is 11.3 Å². The lowest BCUT2D eigenvalue weighted by Crippen LogP contribution is -2.64. The van der Waals surface area contributed by atoms with Crippen LogP contribution in [-0.4, -0.2) is 36.6 Å². The van der Waals surface area contributed by atoms with Gasteiger partial charge < -0.3 is 9.64 Å². The molecule has 0 N–H and O–H groups in total. The van der Waals surface area contributed by atoms with Crippen molar-refractivity contribution < 1.29 is 9.53 Å². The Kier molecular flexibility index (Phi) is 4.58. The van der Waals surface area contributed by atoms with E-state index in [0.29, 0.717) is 24.0 Å². The normalized spacial score (nSPS) is 32.1. The van der Waals surface area contributed by atoms with Gasteiger partial charge in [-0.25, -0.2) is 0 Å². The fraction of sp³-hybridized carbons (Fsp3) is 0.944. The number of rotatable bonds is 4. The first kappa shape index (κ1) is 15.3. The van der Waals surface area contributed by atoms with E-state index in [9.17, 15) is 4.79 Å². The number of amides is 1. The maximum atomic E-state index is 12.8. The summed E-state index contributed by atoms with van der Waals surface area (Å²) in [5.74, 6) is 0.717. The first-order chi connectivity index (χ1) is 10.2. The summed E-state index contributed by atoms with van der Waals surface area (Å²) >= 11 is 0. The molecule has 3 aliphatic carbocycles. The zero-order valence-corrected chi connectivity index (χ0v) is 13.8. The van der Waals surface area contributed by atoms with E-state index in [4.69, 9.17) is 4.74 Å². The summed E-state index contributed by atoms with van der Waals surface area (Å²) in [6.07, 6.45) is 12.6. The van der Waals surface area contributed by atoms with Crippen LogP contribution in [0.5, 0.6) is 0 Å². The molecular formula is C18H31NO2. The van der Waals surface area contributed by atoms with Crippen LogP contribution in [0.1, 0.15) is 71.1 Å². The highest BCUT2D eigenvalue weighted by Crippen LogP contribution is 2.56. The van der Waals surface area contributed by atoms with Crippen molar-refractivity contribution in [3.05, 3.63) is 0 Å². The molecule has 3 fully saturated rings. The van der Waals surface area contributed by atoms with E-state index in [1.54, 1.807) is 0 Å². The molecule has 21 heavy (non-hydrogen) atoms. The van der Waals surface area contributed by atoms with Crippen LogP contribution in [0.25, 0.3) is 0 Å². The zero-order chi connectivity index (χ0) is 14.9. The van der Waals surface area contributed by atoms with Crippen molar-refractivity contribution in [3.63, 3.8) is 0 Å². The molecule has 1 amide bonds. The highest BCUT2D eigenvalue weighted by atomic mass is 16.5. The molecule has 3 aliphatic rings. The van der Waals surface area contributed by atoms with Crippen molar-refractivity contribution in [2.45, 2.75) is 83.3 Å². The zero-order valence-electron chi connectivity index (χ0n) is 13.8. The number of carbonyl (C=O) groups is 1. The van der Waals surface area contributed by atoms with Crippen molar-refractivity contribution in [2.75, 3.05) is 13.7 Å². The second-order valence-corrected chi connectivity index (χ2v) is 7.42. The third-order valence-electron chi connectivity index (χ3n) is 6.41. The van der Waals surface area contributed by atoms with Crippen LogP contribution in [0.15, 0.2) is 0 Å². The van der Waals surface area contributed by atoms with Crippen molar-refractivity contribution in [1.29, 1.82) is 0 Å². The van der Waals surface area contributed by atoms with E-state index >= 15 is 0 Å². The summed E-state index contributed by atoms with van der Waals surface area (Å²) in [7, 11) is 2.06. The SMILES string of the molecule is CCO[C@H]1C[C@H](N(C)C(=O)C2CCCCC2)C12CCCC2. The number of carbonyl (C=O) groups excluding carboxylic acids is 1. The van der Waals surface area contributed by atoms with Crippen LogP contribution >= 0.6 is 0 Å². The smallest absolute Gasteiger partial charge is 0.225 e. The average Bonchev–Trinajstić information content (AvgIpc) is 3.03. The van der Waals surface area contributed by atoms with Crippen molar-refractivity contribution >= 4 is 5.91 Å². The maximum Gasteiger partial charge on any atom is 0.225 e. The predicted octanol–water partition coefficient (Wildman–Crippen LogP) is 3.76. The fourth-order valence-electron chi connectivity index (χ4n) is 5.18. The van der Waals surface area contributed by atoms with E-state index in [2.05, 4.69) is 18.9 Å². The highest BCUT2D eigenvalue weighted by Gasteiger charge is 2.59. The number of ether oxygens (including phenoxy) is 1. The second kappa shape index (κ2) is 6.28. The van der Waals surface area contributed by atoms with Crippen molar-refractivity contribution in [3.8, 4) is 0 Å². The highest BCUT2D eigenvalue weighted by molar-refractivity contribution is 5.79. The molecule has 0 aromatic carbocycles. The Morgan fingerprint density at radius 2 is 1.81 bits per heavy atom. The Bertz CT molecular complexity index is 369. The van der Waals surface area contributed by atoms with Gasteiger partial charge in [0.25, 0.3) is 0 Å². The molecule has 3 heteroatoms. The van der Waals surface area contributed by atoms with Crippen LogP contribution in [0.4, 0.5) is 0 Å². The molecule has 3 rings (SSSR count). The standard InChI is InChI=1S/C18H31NO2/c1-3-21-16-13-15(18(16)11-7-8-12-18)19(2)17(20)14-9-5-4-6-10-14/h14-16H,3-13H2,1-2H3/t15-,16-/m0/s1. The minimum Gasteiger partial charge on any atom is -0.378 e.